The van der Waals surface area contributed by atoms with Crippen LogP contribution in [0.4, 0.5) is 9.59 Å². The number of nitrogens with zero attached hydrogens (tertiary/aromatic N) is 4. The molecule has 3 aromatic rings. The Kier molecular flexibility index (Phi) is 11.8. The summed E-state index contributed by atoms with van der Waals surface area (Å²) in [5.41, 5.74) is 2.04. The first-order valence-corrected chi connectivity index (χ1v) is 17.5. The molecule has 51 heavy (non-hydrogen) atoms. The van der Waals surface area contributed by atoms with E-state index in [1.54, 1.807) is 6.20 Å². The molecule has 2 aliphatic carbocycles. The molecule has 1 spiro atoms. The molecule has 15 heteroatoms. The number of aromatic nitrogens is 4. The van der Waals surface area contributed by atoms with Gasteiger partial charge >= 0.3 is 33.3 Å². The minimum absolute atomic E-state index is 0. The van der Waals surface area contributed by atoms with Crippen LogP contribution in [0.2, 0.25) is 0 Å². The number of alkyl carbamates (subject to hydrolysis) is 2. The van der Waals surface area contributed by atoms with Crippen molar-refractivity contribution >= 4 is 35.0 Å². The predicted octanol–water partition coefficient (Wildman–Crippen LogP) is 4.44. The van der Waals surface area contributed by atoms with Gasteiger partial charge in [-0.3, -0.25) is 14.6 Å². The van der Waals surface area contributed by atoms with Gasteiger partial charge < -0.3 is 44.9 Å². The molecule has 14 nitrogen and oxygen atoms in total. The summed E-state index contributed by atoms with van der Waals surface area (Å²) in [6.45, 7) is 8.41. The summed E-state index contributed by atoms with van der Waals surface area (Å²) < 4.78 is 9.37. The molecule has 2 aromatic heterocycles. The molecule has 4 heterocycles. The Hall–Kier alpha value is -3.93. The second-order valence-corrected chi connectivity index (χ2v) is 14.8. The fourth-order valence-electron chi connectivity index (χ4n) is 7.93. The number of nitrogens with one attached hydrogen (secondary N) is 4. The minimum Gasteiger partial charge on any atom is -0.453 e. The summed E-state index contributed by atoms with van der Waals surface area (Å²) in [6, 6.07) is 7.53. The third-order valence-corrected chi connectivity index (χ3v) is 10.8. The molecule has 2 aliphatic heterocycles. The summed E-state index contributed by atoms with van der Waals surface area (Å²) in [7, 11) is 2.61. The number of amides is 4. The maximum atomic E-state index is 13.4. The van der Waals surface area contributed by atoms with Gasteiger partial charge in [-0.05, 0) is 78.6 Å². The van der Waals surface area contributed by atoms with E-state index in [2.05, 4.69) is 42.6 Å². The molecule has 1 aromatic carbocycles. The molecule has 7 rings (SSSR count). The number of hydrogen-bond donors (Lipinski definition) is 4. The van der Waals surface area contributed by atoms with Crippen LogP contribution >= 0.6 is 0 Å². The van der Waals surface area contributed by atoms with Crippen LogP contribution in [0.3, 0.4) is 0 Å². The van der Waals surface area contributed by atoms with Gasteiger partial charge in [0.25, 0.3) is 0 Å². The number of fused-ring (bicyclic) bond motifs is 3. The number of carbonyl (C=O) groups is 4. The van der Waals surface area contributed by atoms with Gasteiger partial charge in [0.05, 0.1) is 20.3 Å². The van der Waals surface area contributed by atoms with Crippen molar-refractivity contribution in [3.05, 3.63) is 48.3 Å². The van der Waals surface area contributed by atoms with E-state index < -0.39 is 24.3 Å². The number of benzene rings is 1. The van der Waals surface area contributed by atoms with Crippen LogP contribution in [-0.2, 0) is 40.1 Å². The Morgan fingerprint density at radius 1 is 0.980 bits per heavy atom. The topological polar surface area (TPSA) is 175 Å². The van der Waals surface area contributed by atoms with Crippen molar-refractivity contribution < 1.29 is 49.7 Å². The number of carbonyl (C=O) groups excluding carboxylic acids is 4. The normalized spacial score (nSPS) is 23.8. The third-order valence-electron chi connectivity index (χ3n) is 10.8. The zero-order chi connectivity index (χ0) is 35.7. The van der Waals surface area contributed by atoms with Crippen LogP contribution in [0, 0.1) is 35.4 Å². The van der Waals surface area contributed by atoms with Crippen molar-refractivity contribution in [1.82, 2.24) is 40.4 Å². The fraction of sp³-hybridized carbons (Fsp3) is 0.611. The molecular weight excluding hydrogens is 824 g/mol. The van der Waals surface area contributed by atoms with Gasteiger partial charge in [-0.25, -0.2) is 9.59 Å². The van der Waals surface area contributed by atoms with Crippen LogP contribution in [0.15, 0.2) is 24.4 Å². The number of piperidine rings is 1. The molecule has 4 amide bonds. The first-order valence-electron chi connectivity index (χ1n) is 17.5. The number of imidazole rings is 2. The fourth-order valence-corrected chi connectivity index (χ4v) is 7.93. The SMILES string of the molecule is COC(=O)N[C@H](C(=O)N1CC2(CC2)C[C@H]1c1n[c-]c[nH]1)C(C)C.COC(=O)N[C@H](C(=O)N1[C@@H]2CC[C@H](C2)[C@H]1c1nc2c[c-]ccc2[nH]1)C(C)C.[W+2]. The zero-order valence-corrected chi connectivity index (χ0v) is 33.0. The molecule has 4 fully saturated rings. The van der Waals surface area contributed by atoms with Crippen molar-refractivity contribution in [2.45, 2.75) is 96.4 Å². The van der Waals surface area contributed by atoms with Crippen LogP contribution in [0.1, 0.15) is 90.0 Å². The number of likely N-dealkylation sites (tertiary alicyclic amines) is 2. The first kappa shape index (κ1) is 38.3. The van der Waals surface area contributed by atoms with Gasteiger partial charge in [0, 0.05) is 18.6 Å². The molecular formula is C36H48N8O6W. The van der Waals surface area contributed by atoms with Crippen LogP contribution in [-0.4, -0.2) is 92.6 Å². The number of ether oxygens (including phenoxy) is 2. The molecule has 2 bridgehead atoms. The summed E-state index contributed by atoms with van der Waals surface area (Å²) in [5.74, 6) is 1.79. The maximum absolute atomic E-state index is 13.4. The molecule has 2 saturated carbocycles. The van der Waals surface area contributed by atoms with E-state index in [4.69, 9.17) is 9.72 Å². The van der Waals surface area contributed by atoms with Crippen molar-refractivity contribution in [2.75, 3.05) is 20.8 Å². The molecule has 6 atom stereocenters. The van der Waals surface area contributed by atoms with Gasteiger partial charge in [-0.1, -0.05) is 33.9 Å². The van der Waals surface area contributed by atoms with Gasteiger partial charge in [-0.15, -0.1) is 18.3 Å². The van der Waals surface area contributed by atoms with Crippen molar-refractivity contribution in [2.24, 2.45) is 23.2 Å². The molecule has 0 radical (unpaired) electrons. The maximum Gasteiger partial charge on any atom is 2.00 e. The largest absolute Gasteiger partial charge is 2.00 e. The number of methoxy groups -OCH3 is 2. The molecule has 274 valence electrons. The predicted molar refractivity (Wildman–Crippen MR) is 182 cm³/mol. The quantitative estimate of drug-likeness (QED) is 0.241. The van der Waals surface area contributed by atoms with Crippen molar-refractivity contribution in [1.29, 1.82) is 0 Å². The smallest absolute Gasteiger partial charge is 0.453 e. The van der Waals surface area contributed by atoms with Crippen molar-refractivity contribution in [3.63, 3.8) is 0 Å². The monoisotopic (exact) mass is 872 g/mol. The van der Waals surface area contributed by atoms with Gasteiger partial charge in [0.2, 0.25) is 11.8 Å². The first-order chi connectivity index (χ1) is 23.9. The van der Waals surface area contributed by atoms with Crippen LogP contribution in [0.25, 0.3) is 11.0 Å². The van der Waals surface area contributed by atoms with E-state index >= 15 is 0 Å². The van der Waals surface area contributed by atoms with E-state index in [-0.39, 0.29) is 68.3 Å². The Balaban J connectivity index is 0.000000196. The van der Waals surface area contributed by atoms with E-state index in [0.717, 1.165) is 67.8 Å². The van der Waals surface area contributed by atoms with Crippen molar-refractivity contribution in [3.8, 4) is 0 Å². The molecule has 4 N–H and O–H groups in total. The second-order valence-electron chi connectivity index (χ2n) is 14.8. The number of H-pyrrole nitrogens is 2. The van der Waals surface area contributed by atoms with Gasteiger partial charge in [0.1, 0.15) is 17.9 Å². The number of hydrogen-bond acceptors (Lipinski definition) is 8. The number of rotatable bonds is 8. The Bertz CT molecular complexity index is 1660. The van der Waals surface area contributed by atoms with E-state index in [9.17, 15) is 19.2 Å². The number of aromatic amines is 2. The average Bonchev–Trinajstić information content (AvgIpc) is 3.72. The summed E-state index contributed by atoms with van der Waals surface area (Å²) in [4.78, 5) is 69.1. The summed E-state index contributed by atoms with van der Waals surface area (Å²) in [6.07, 6.45) is 9.57. The van der Waals surface area contributed by atoms with Gasteiger partial charge in [-0.2, -0.15) is 12.1 Å². The molecule has 4 aliphatic rings. The molecule has 2 saturated heterocycles. The third kappa shape index (κ3) is 7.95. The average molecular weight is 873 g/mol. The summed E-state index contributed by atoms with van der Waals surface area (Å²) in [5, 5.41) is 5.38. The van der Waals surface area contributed by atoms with E-state index in [1.165, 1.54) is 14.2 Å². The Labute approximate surface area is 312 Å². The second kappa shape index (κ2) is 15.8. The Morgan fingerprint density at radius 2 is 1.65 bits per heavy atom. The van der Waals surface area contributed by atoms with Crippen LogP contribution in [0.5, 0.6) is 0 Å². The standard InChI is InChI=1S/C20H25N4O3.C16H23N4O3.W/c1-11(2)16(23-20(26)27-3)19(25)24-13-9-8-12(10-13)17(24)18-21-14-6-4-5-7-15(14)22-18;1-10(2)12(19-15(22)23-3)14(21)20-9-16(4-5-16)8-11(20)13-17-6-7-18-13;/h4,6-7,11-13,16-17H,8-10H2,1-3H3,(H,21,22)(H,23,26);6,10-12H,4-5,8-9H2,1-3H3,(H,17,18)(H,19,22);/q2*-1;+2/t12-,13-,16+,17+;11-,12-;/m10./s1. The Morgan fingerprint density at radius 3 is 2.22 bits per heavy atom. The van der Waals surface area contributed by atoms with E-state index in [0.29, 0.717) is 5.92 Å². The summed E-state index contributed by atoms with van der Waals surface area (Å²) >= 11 is 0. The molecule has 0 unspecified atom stereocenters. The van der Waals surface area contributed by atoms with E-state index in [1.807, 2.05) is 55.7 Å². The zero-order valence-electron chi connectivity index (χ0n) is 30.0. The van der Waals surface area contributed by atoms with Crippen LogP contribution < -0.4 is 10.6 Å². The minimum atomic E-state index is -0.614. The van der Waals surface area contributed by atoms with Gasteiger partial charge in [0.15, 0.2) is 0 Å².